The summed E-state index contributed by atoms with van der Waals surface area (Å²) in [5, 5.41) is 7.39. The van der Waals surface area contributed by atoms with Gasteiger partial charge in [0.25, 0.3) is 0 Å². The van der Waals surface area contributed by atoms with Crippen molar-refractivity contribution in [2.45, 2.75) is 20.8 Å². The van der Waals surface area contributed by atoms with E-state index in [0.29, 0.717) is 5.71 Å². The Morgan fingerprint density at radius 2 is 1.89 bits per heavy atom. The van der Waals surface area contributed by atoms with E-state index >= 15 is 0 Å². The Morgan fingerprint density at radius 3 is 2.00 bits per heavy atom. The Morgan fingerprint density at radius 1 is 1.44 bits per heavy atom. The molecule has 2 heteroatoms. The highest BCUT2D eigenvalue weighted by molar-refractivity contribution is 6.31. The SMILES string of the molecule is C/N=C\C(=N)C(C)(C)C. The van der Waals surface area contributed by atoms with Crippen molar-refractivity contribution >= 4 is 11.9 Å². The lowest BCUT2D eigenvalue weighted by atomic mass is 9.91. The third kappa shape index (κ3) is 3.01. The van der Waals surface area contributed by atoms with Crippen LogP contribution >= 0.6 is 0 Å². The van der Waals surface area contributed by atoms with E-state index in [1.807, 2.05) is 20.8 Å². The summed E-state index contributed by atoms with van der Waals surface area (Å²) in [4.78, 5) is 3.75. The monoisotopic (exact) mass is 126 g/mol. The minimum absolute atomic E-state index is 0.0560. The van der Waals surface area contributed by atoms with Crippen molar-refractivity contribution in [3.63, 3.8) is 0 Å². The Balaban J connectivity index is 4.06. The summed E-state index contributed by atoms with van der Waals surface area (Å²) in [6, 6.07) is 0. The number of hydrogen-bond donors (Lipinski definition) is 1. The molecule has 0 heterocycles. The maximum atomic E-state index is 7.39. The standard InChI is InChI=1S/C7H14N2/c1-7(2,3)6(8)5-9-4/h5,8H,1-4H3/b8-6?,9-5-. The molecule has 0 bridgehead atoms. The molecule has 0 saturated carbocycles. The van der Waals surface area contributed by atoms with Gasteiger partial charge < -0.3 is 5.41 Å². The predicted octanol–water partition coefficient (Wildman–Crippen LogP) is 1.75. The van der Waals surface area contributed by atoms with Crippen LogP contribution in [0.25, 0.3) is 0 Å². The zero-order valence-electron chi connectivity index (χ0n) is 6.52. The molecule has 0 fully saturated rings. The van der Waals surface area contributed by atoms with E-state index in [-0.39, 0.29) is 5.41 Å². The van der Waals surface area contributed by atoms with Gasteiger partial charge in [0.1, 0.15) is 0 Å². The van der Waals surface area contributed by atoms with Crippen LogP contribution in [0.1, 0.15) is 20.8 Å². The van der Waals surface area contributed by atoms with Crippen LogP contribution in [0.2, 0.25) is 0 Å². The molecule has 1 N–H and O–H groups in total. The summed E-state index contributed by atoms with van der Waals surface area (Å²) in [6.07, 6.45) is 1.58. The van der Waals surface area contributed by atoms with Crippen LogP contribution in [0.4, 0.5) is 0 Å². The Bertz CT molecular complexity index is 128. The van der Waals surface area contributed by atoms with E-state index in [1.54, 1.807) is 13.3 Å². The Hall–Kier alpha value is -0.660. The molecule has 0 aromatic heterocycles. The van der Waals surface area contributed by atoms with Gasteiger partial charge in [0, 0.05) is 18.7 Å². The summed E-state index contributed by atoms with van der Waals surface area (Å²) in [5.74, 6) is 0. The maximum Gasteiger partial charge on any atom is 0.0545 e. The molecule has 9 heavy (non-hydrogen) atoms. The number of aliphatic imine (C=N–C) groups is 1. The van der Waals surface area contributed by atoms with Crippen LogP contribution in [-0.4, -0.2) is 19.0 Å². The quantitative estimate of drug-likeness (QED) is 0.520. The van der Waals surface area contributed by atoms with E-state index in [0.717, 1.165) is 0 Å². The maximum absolute atomic E-state index is 7.39. The van der Waals surface area contributed by atoms with Gasteiger partial charge in [0.15, 0.2) is 0 Å². The van der Waals surface area contributed by atoms with Crippen molar-refractivity contribution in [1.29, 1.82) is 5.41 Å². The number of rotatable bonds is 1. The van der Waals surface area contributed by atoms with Crippen molar-refractivity contribution in [3.8, 4) is 0 Å². The van der Waals surface area contributed by atoms with Gasteiger partial charge in [-0.05, 0) is 0 Å². The fourth-order valence-corrected chi connectivity index (χ4v) is 0.323. The number of hydrogen-bond acceptors (Lipinski definition) is 2. The normalized spacial score (nSPS) is 12.4. The molecule has 0 rings (SSSR count). The first kappa shape index (κ1) is 8.34. The van der Waals surface area contributed by atoms with Crippen molar-refractivity contribution in [3.05, 3.63) is 0 Å². The first-order valence-electron chi connectivity index (χ1n) is 2.99. The van der Waals surface area contributed by atoms with Crippen LogP contribution in [0.5, 0.6) is 0 Å². The predicted molar refractivity (Wildman–Crippen MR) is 41.6 cm³/mol. The molecule has 0 spiro atoms. The van der Waals surface area contributed by atoms with Crippen LogP contribution < -0.4 is 0 Å². The molecule has 0 amide bonds. The van der Waals surface area contributed by atoms with Crippen molar-refractivity contribution in [2.24, 2.45) is 10.4 Å². The van der Waals surface area contributed by atoms with E-state index in [1.165, 1.54) is 0 Å². The van der Waals surface area contributed by atoms with E-state index in [9.17, 15) is 0 Å². The molecular weight excluding hydrogens is 112 g/mol. The molecule has 0 atom stereocenters. The molecule has 0 aliphatic carbocycles. The fraction of sp³-hybridized carbons (Fsp3) is 0.714. The molecule has 0 saturated heterocycles. The van der Waals surface area contributed by atoms with Gasteiger partial charge >= 0.3 is 0 Å². The average molecular weight is 126 g/mol. The summed E-state index contributed by atoms with van der Waals surface area (Å²) in [7, 11) is 1.68. The highest BCUT2D eigenvalue weighted by Gasteiger charge is 2.13. The smallest absolute Gasteiger partial charge is 0.0545 e. The van der Waals surface area contributed by atoms with E-state index in [4.69, 9.17) is 5.41 Å². The van der Waals surface area contributed by atoms with Crippen molar-refractivity contribution in [1.82, 2.24) is 0 Å². The summed E-state index contributed by atoms with van der Waals surface area (Å²) in [6.45, 7) is 5.99. The lowest BCUT2D eigenvalue weighted by Gasteiger charge is -2.15. The average Bonchev–Trinajstić information content (AvgIpc) is 1.64. The third-order valence-electron chi connectivity index (χ3n) is 1.07. The molecule has 52 valence electrons. The van der Waals surface area contributed by atoms with Gasteiger partial charge in [-0.25, -0.2) is 0 Å². The van der Waals surface area contributed by atoms with Gasteiger partial charge in [-0.3, -0.25) is 4.99 Å². The summed E-state index contributed by atoms with van der Waals surface area (Å²) < 4.78 is 0. The third-order valence-corrected chi connectivity index (χ3v) is 1.07. The molecule has 0 aliphatic rings. The van der Waals surface area contributed by atoms with Crippen LogP contribution in [0, 0.1) is 10.8 Å². The highest BCUT2D eigenvalue weighted by atomic mass is 14.7. The highest BCUT2D eigenvalue weighted by Crippen LogP contribution is 2.12. The molecular formula is C7H14N2. The second-order valence-electron chi connectivity index (χ2n) is 3.05. The minimum Gasteiger partial charge on any atom is -0.303 e. The molecule has 0 aliphatic heterocycles. The first-order valence-corrected chi connectivity index (χ1v) is 2.99. The Labute approximate surface area is 56.5 Å². The molecule has 0 aromatic rings. The number of nitrogens with zero attached hydrogens (tertiary/aromatic N) is 1. The van der Waals surface area contributed by atoms with Crippen LogP contribution in [-0.2, 0) is 0 Å². The molecule has 2 nitrogen and oxygen atoms in total. The van der Waals surface area contributed by atoms with Gasteiger partial charge in [0.05, 0.1) is 5.71 Å². The van der Waals surface area contributed by atoms with E-state index in [2.05, 4.69) is 4.99 Å². The lowest BCUT2D eigenvalue weighted by Crippen LogP contribution is -2.20. The fourth-order valence-electron chi connectivity index (χ4n) is 0.323. The zero-order chi connectivity index (χ0) is 7.49. The van der Waals surface area contributed by atoms with Gasteiger partial charge in [-0.1, -0.05) is 20.8 Å². The van der Waals surface area contributed by atoms with Gasteiger partial charge in [-0.15, -0.1) is 0 Å². The van der Waals surface area contributed by atoms with Crippen molar-refractivity contribution in [2.75, 3.05) is 7.05 Å². The Kier molecular flexibility index (Phi) is 2.56. The summed E-state index contributed by atoms with van der Waals surface area (Å²) in [5.41, 5.74) is 0.518. The molecule has 0 unspecified atom stereocenters. The zero-order valence-corrected chi connectivity index (χ0v) is 6.52. The minimum atomic E-state index is -0.0560. The second-order valence-corrected chi connectivity index (χ2v) is 3.05. The summed E-state index contributed by atoms with van der Waals surface area (Å²) >= 11 is 0. The van der Waals surface area contributed by atoms with Crippen LogP contribution in [0.15, 0.2) is 4.99 Å². The van der Waals surface area contributed by atoms with E-state index < -0.39 is 0 Å². The molecule has 0 radical (unpaired) electrons. The number of nitrogens with one attached hydrogen (secondary N) is 1. The molecule has 0 aromatic carbocycles. The van der Waals surface area contributed by atoms with Crippen LogP contribution in [0.3, 0.4) is 0 Å². The largest absolute Gasteiger partial charge is 0.303 e. The first-order chi connectivity index (χ1) is 3.98. The van der Waals surface area contributed by atoms with Gasteiger partial charge in [-0.2, -0.15) is 0 Å². The lowest BCUT2D eigenvalue weighted by molar-refractivity contribution is 0.595. The van der Waals surface area contributed by atoms with Crippen molar-refractivity contribution < 1.29 is 0 Å². The topological polar surface area (TPSA) is 36.2 Å². The second kappa shape index (κ2) is 2.76. The van der Waals surface area contributed by atoms with Gasteiger partial charge in [0.2, 0.25) is 0 Å².